The third-order valence-electron chi connectivity index (χ3n) is 2.94. The lowest BCUT2D eigenvalue weighted by Gasteiger charge is -2.11. The molecule has 0 saturated carbocycles. The van der Waals surface area contributed by atoms with Crippen molar-refractivity contribution in [3.05, 3.63) is 36.4 Å². The van der Waals surface area contributed by atoms with E-state index in [1.165, 1.54) is 6.07 Å². The first-order valence-electron chi connectivity index (χ1n) is 6.32. The predicted octanol–water partition coefficient (Wildman–Crippen LogP) is 2.28. The SMILES string of the molecule is COCCNc1ccc(N)c(-c2cc(N)cc(O)c2)c1. The number of nitrogens with one attached hydrogen (secondary N) is 1. The third kappa shape index (κ3) is 3.33. The molecule has 0 bridgehead atoms. The van der Waals surface area contributed by atoms with Crippen molar-refractivity contribution in [2.45, 2.75) is 0 Å². The highest BCUT2D eigenvalue weighted by Crippen LogP contribution is 2.32. The number of hydrogen-bond donors (Lipinski definition) is 4. The van der Waals surface area contributed by atoms with Crippen molar-refractivity contribution in [3.8, 4) is 16.9 Å². The minimum atomic E-state index is 0.122. The quantitative estimate of drug-likeness (QED) is 0.495. The van der Waals surface area contributed by atoms with E-state index >= 15 is 0 Å². The van der Waals surface area contributed by atoms with Crippen LogP contribution in [0.4, 0.5) is 17.1 Å². The minimum absolute atomic E-state index is 0.122. The van der Waals surface area contributed by atoms with Crippen molar-refractivity contribution < 1.29 is 9.84 Å². The molecule has 5 nitrogen and oxygen atoms in total. The van der Waals surface area contributed by atoms with E-state index in [1.807, 2.05) is 18.2 Å². The summed E-state index contributed by atoms with van der Waals surface area (Å²) in [6.45, 7) is 1.33. The maximum Gasteiger partial charge on any atom is 0.118 e. The van der Waals surface area contributed by atoms with Crippen molar-refractivity contribution in [3.63, 3.8) is 0 Å². The molecule has 0 aliphatic rings. The number of phenols is 1. The van der Waals surface area contributed by atoms with Crippen LogP contribution in [0.15, 0.2) is 36.4 Å². The van der Waals surface area contributed by atoms with Crippen molar-refractivity contribution in [2.24, 2.45) is 0 Å². The van der Waals surface area contributed by atoms with E-state index in [-0.39, 0.29) is 5.75 Å². The highest BCUT2D eigenvalue weighted by molar-refractivity contribution is 5.81. The first-order valence-corrected chi connectivity index (χ1v) is 6.32. The van der Waals surface area contributed by atoms with Gasteiger partial charge in [0.1, 0.15) is 5.75 Å². The van der Waals surface area contributed by atoms with Gasteiger partial charge in [0, 0.05) is 42.3 Å². The van der Waals surface area contributed by atoms with Gasteiger partial charge in [0.05, 0.1) is 6.61 Å². The first kappa shape index (κ1) is 14.0. The molecule has 106 valence electrons. The van der Waals surface area contributed by atoms with Crippen LogP contribution >= 0.6 is 0 Å². The van der Waals surface area contributed by atoms with Gasteiger partial charge in [-0.3, -0.25) is 0 Å². The highest BCUT2D eigenvalue weighted by atomic mass is 16.5. The first-order chi connectivity index (χ1) is 9.60. The Kier molecular flexibility index (Phi) is 4.32. The number of ether oxygens (including phenoxy) is 1. The molecule has 0 unspecified atom stereocenters. The number of nitrogens with two attached hydrogens (primary N) is 2. The van der Waals surface area contributed by atoms with Gasteiger partial charge in [0.25, 0.3) is 0 Å². The molecule has 0 aromatic heterocycles. The minimum Gasteiger partial charge on any atom is -0.508 e. The summed E-state index contributed by atoms with van der Waals surface area (Å²) in [5, 5.41) is 12.9. The molecular formula is C15H19N3O2. The second kappa shape index (κ2) is 6.16. The number of phenolic OH excluding ortho intramolecular Hbond substituents is 1. The number of methoxy groups -OCH3 is 1. The van der Waals surface area contributed by atoms with Gasteiger partial charge in [-0.2, -0.15) is 0 Å². The molecule has 5 heteroatoms. The number of rotatable bonds is 5. The Hall–Kier alpha value is -2.40. The largest absolute Gasteiger partial charge is 0.508 e. The standard InChI is InChI=1S/C15H19N3O2/c1-20-5-4-18-12-2-3-15(17)14(9-12)10-6-11(16)8-13(19)7-10/h2-3,6-9,18-19H,4-5,16-17H2,1H3. The Morgan fingerprint density at radius 2 is 1.95 bits per heavy atom. The summed E-state index contributed by atoms with van der Waals surface area (Å²) in [6, 6.07) is 10.6. The molecular weight excluding hydrogens is 254 g/mol. The van der Waals surface area contributed by atoms with Gasteiger partial charge < -0.3 is 26.6 Å². The third-order valence-corrected chi connectivity index (χ3v) is 2.94. The summed E-state index contributed by atoms with van der Waals surface area (Å²) >= 11 is 0. The van der Waals surface area contributed by atoms with Crippen LogP contribution in [0.25, 0.3) is 11.1 Å². The molecule has 0 aliphatic carbocycles. The molecule has 0 atom stereocenters. The monoisotopic (exact) mass is 273 g/mol. The summed E-state index contributed by atoms with van der Waals surface area (Å²) in [6.07, 6.45) is 0. The van der Waals surface area contributed by atoms with Crippen LogP contribution in [-0.2, 0) is 4.74 Å². The Bertz CT molecular complexity index is 579. The van der Waals surface area contributed by atoms with Gasteiger partial charge in [0.2, 0.25) is 0 Å². The molecule has 0 spiro atoms. The smallest absolute Gasteiger partial charge is 0.118 e. The van der Waals surface area contributed by atoms with E-state index in [0.29, 0.717) is 24.5 Å². The van der Waals surface area contributed by atoms with Gasteiger partial charge >= 0.3 is 0 Å². The normalized spacial score (nSPS) is 10.4. The number of nitrogen functional groups attached to an aromatic ring is 2. The van der Waals surface area contributed by atoms with Crippen molar-refractivity contribution >= 4 is 17.1 Å². The highest BCUT2D eigenvalue weighted by Gasteiger charge is 2.06. The Labute approximate surface area is 118 Å². The van der Waals surface area contributed by atoms with Gasteiger partial charge in [0.15, 0.2) is 0 Å². The molecule has 6 N–H and O–H groups in total. The summed E-state index contributed by atoms with van der Waals surface area (Å²) < 4.78 is 5.00. The molecule has 2 aromatic carbocycles. The molecule has 0 radical (unpaired) electrons. The Morgan fingerprint density at radius 1 is 1.15 bits per heavy atom. The number of hydrogen-bond acceptors (Lipinski definition) is 5. The average molecular weight is 273 g/mol. The number of anilines is 3. The average Bonchev–Trinajstić information content (AvgIpc) is 2.40. The van der Waals surface area contributed by atoms with E-state index < -0.39 is 0 Å². The van der Waals surface area contributed by atoms with Crippen LogP contribution in [0.2, 0.25) is 0 Å². The van der Waals surface area contributed by atoms with Crippen LogP contribution in [0.1, 0.15) is 0 Å². The van der Waals surface area contributed by atoms with Crippen LogP contribution < -0.4 is 16.8 Å². The van der Waals surface area contributed by atoms with E-state index in [1.54, 1.807) is 19.2 Å². The van der Waals surface area contributed by atoms with Gasteiger partial charge in [-0.05, 0) is 35.9 Å². The van der Waals surface area contributed by atoms with Crippen LogP contribution in [0, 0.1) is 0 Å². The van der Waals surface area contributed by atoms with Crippen LogP contribution in [0.3, 0.4) is 0 Å². The topological polar surface area (TPSA) is 93.5 Å². The van der Waals surface area contributed by atoms with E-state index in [0.717, 1.165) is 16.8 Å². The number of benzene rings is 2. The lowest BCUT2D eigenvalue weighted by Crippen LogP contribution is -2.07. The maximum atomic E-state index is 9.64. The van der Waals surface area contributed by atoms with Gasteiger partial charge in [-0.1, -0.05) is 0 Å². The summed E-state index contributed by atoms with van der Waals surface area (Å²) in [5.74, 6) is 0.122. The molecule has 20 heavy (non-hydrogen) atoms. The molecule has 2 aromatic rings. The fraction of sp³-hybridized carbons (Fsp3) is 0.200. The zero-order chi connectivity index (χ0) is 14.5. The summed E-state index contributed by atoms with van der Waals surface area (Å²) in [5.41, 5.74) is 15.4. The van der Waals surface area contributed by atoms with E-state index in [9.17, 15) is 5.11 Å². The van der Waals surface area contributed by atoms with Crippen LogP contribution in [-0.4, -0.2) is 25.4 Å². The van der Waals surface area contributed by atoms with E-state index in [2.05, 4.69) is 5.32 Å². The van der Waals surface area contributed by atoms with Gasteiger partial charge in [-0.25, -0.2) is 0 Å². The number of aromatic hydroxyl groups is 1. The molecule has 0 amide bonds. The predicted molar refractivity (Wildman–Crippen MR) is 82.7 cm³/mol. The van der Waals surface area contributed by atoms with Crippen molar-refractivity contribution in [2.75, 3.05) is 37.0 Å². The molecule has 2 rings (SSSR count). The zero-order valence-electron chi connectivity index (χ0n) is 11.4. The zero-order valence-corrected chi connectivity index (χ0v) is 11.4. The second-order valence-electron chi connectivity index (χ2n) is 4.53. The lowest BCUT2D eigenvalue weighted by atomic mass is 10.0. The maximum absolute atomic E-state index is 9.64. The Morgan fingerprint density at radius 3 is 2.65 bits per heavy atom. The van der Waals surface area contributed by atoms with Crippen molar-refractivity contribution in [1.29, 1.82) is 0 Å². The fourth-order valence-corrected chi connectivity index (χ4v) is 2.00. The van der Waals surface area contributed by atoms with Crippen molar-refractivity contribution in [1.82, 2.24) is 0 Å². The summed E-state index contributed by atoms with van der Waals surface area (Å²) in [7, 11) is 1.66. The lowest BCUT2D eigenvalue weighted by molar-refractivity contribution is 0.211. The second-order valence-corrected chi connectivity index (χ2v) is 4.53. The van der Waals surface area contributed by atoms with Gasteiger partial charge in [-0.15, -0.1) is 0 Å². The van der Waals surface area contributed by atoms with Crippen LogP contribution in [0.5, 0.6) is 5.75 Å². The Balaban J connectivity index is 2.32. The summed E-state index contributed by atoms with van der Waals surface area (Å²) in [4.78, 5) is 0. The van der Waals surface area contributed by atoms with E-state index in [4.69, 9.17) is 16.2 Å². The fourth-order valence-electron chi connectivity index (χ4n) is 2.00. The molecule has 0 aliphatic heterocycles. The molecule has 0 fully saturated rings. The molecule has 0 heterocycles. The molecule has 0 saturated heterocycles.